The van der Waals surface area contributed by atoms with Crippen LogP contribution < -0.4 is 10.1 Å². The number of aryl methyl sites for hydroxylation is 1. The van der Waals surface area contributed by atoms with E-state index < -0.39 is 0 Å². The minimum atomic E-state index is -0.371. The number of hydrogen-bond donors (Lipinski definition) is 1. The minimum Gasteiger partial charge on any atom is -0.494 e. The third-order valence-electron chi connectivity index (χ3n) is 2.42. The van der Waals surface area contributed by atoms with Crippen LogP contribution in [0.2, 0.25) is 0 Å². The van der Waals surface area contributed by atoms with Crippen LogP contribution in [0.5, 0.6) is 5.75 Å². The van der Waals surface area contributed by atoms with E-state index in [1.165, 1.54) is 24.5 Å². The van der Waals surface area contributed by atoms with Crippen LogP contribution in [0, 0.1) is 12.7 Å². The molecule has 0 saturated heterocycles. The van der Waals surface area contributed by atoms with Crippen LogP contribution in [0.3, 0.4) is 0 Å². The highest BCUT2D eigenvalue weighted by atomic mass is 32.1. The van der Waals surface area contributed by atoms with Gasteiger partial charge in [0.2, 0.25) is 0 Å². The van der Waals surface area contributed by atoms with Crippen LogP contribution in [0.4, 0.5) is 9.39 Å². The molecule has 0 radical (unpaired) electrons. The fourth-order valence-electron chi connectivity index (χ4n) is 1.55. The molecule has 0 aliphatic carbocycles. The molecule has 1 N–H and O–H groups in total. The second-order valence-corrected chi connectivity index (χ2v) is 4.53. The molecule has 5 heteroatoms. The standard InChI is InChI=1S/C12H13FN2OS/c1-7-11(14-2)17-12(15-7)8-4-5-10(16-3)9(13)6-8/h4-6,14H,1-3H3. The zero-order valence-electron chi connectivity index (χ0n) is 9.87. The van der Waals surface area contributed by atoms with E-state index >= 15 is 0 Å². The maximum absolute atomic E-state index is 13.6. The smallest absolute Gasteiger partial charge is 0.165 e. The SMILES string of the molecule is CNc1sc(-c2ccc(OC)c(F)c2)nc1C. The number of hydrogen-bond acceptors (Lipinski definition) is 4. The summed E-state index contributed by atoms with van der Waals surface area (Å²) < 4.78 is 18.4. The molecule has 2 rings (SSSR count). The summed E-state index contributed by atoms with van der Waals surface area (Å²) in [4.78, 5) is 4.40. The molecule has 0 spiro atoms. The average molecular weight is 252 g/mol. The van der Waals surface area contributed by atoms with Crippen molar-refractivity contribution in [1.29, 1.82) is 0 Å². The molecule has 2 aromatic rings. The van der Waals surface area contributed by atoms with Crippen molar-refractivity contribution in [3.8, 4) is 16.3 Å². The number of benzene rings is 1. The number of nitrogens with zero attached hydrogens (tertiary/aromatic N) is 1. The first-order chi connectivity index (χ1) is 8.15. The molecule has 0 atom stereocenters. The van der Waals surface area contributed by atoms with Gasteiger partial charge < -0.3 is 10.1 Å². The number of nitrogens with one attached hydrogen (secondary N) is 1. The number of thiazole rings is 1. The normalized spacial score (nSPS) is 10.4. The average Bonchev–Trinajstić information content (AvgIpc) is 2.70. The van der Waals surface area contributed by atoms with Gasteiger partial charge in [-0.2, -0.15) is 0 Å². The highest BCUT2D eigenvalue weighted by molar-refractivity contribution is 7.19. The van der Waals surface area contributed by atoms with Crippen molar-refractivity contribution in [2.45, 2.75) is 6.92 Å². The molecule has 3 nitrogen and oxygen atoms in total. The predicted molar refractivity (Wildman–Crippen MR) is 68.3 cm³/mol. The fourth-order valence-corrected chi connectivity index (χ4v) is 2.47. The zero-order valence-corrected chi connectivity index (χ0v) is 10.7. The van der Waals surface area contributed by atoms with Gasteiger partial charge in [-0.3, -0.25) is 0 Å². The first-order valence-electron chi connectivity index (χ1n) is 5.14. The summed E-state index contributed by atoms with van der Waals surface area (Å²) in [6.07, 6.45) is 0. The van der Waals surface area contributed by atoms with Crippen LogP contribution in [0.1, 0.15) is 5.69 Å². The Labute approximate surface area is 103 Å². The molecule has 0 unspecified atom stereocenters. The van der Waals surface area contributed by atoms with Gasteiger partial charge in [0, 0.05) is 12.6 Å². The number of ether oxygens (including phenoxy) is 1. The number of aromatic nitrogens is 1. The first-order valence-corrected chi connectivity index (χ1v) is 5.96. The van der Waals surface area contributed by atoms with Gasteiger partial charge in [-0.25, -0.2) is 9.37 Å². The van der Waals surface area contributed by atoms with E-state index in [2.05, 4.69) is 10.3 Å². The lowest BCUT2D eigenvalue weighted by molar-refractivity contribution is 0.386. The highest BCUT2D eigenvalue weighted by Crippen LogP contribution is 2.33. The molecule has 1 aromatic heterocycles. The third kappa shape index (κ3) is 2.24. The minimum absolute atomic E-state index is 0.246. The Balaban J connectivity index is 2.42. The topological polar surface area (TPSA) is 34.1 Å². The van der Waals surface area contributed by atoms with Gasteiger partial charge in [0.25, 0.3) is 0 Å². The lowest BCUT2D eigenvalue weighted by Gasteiger charge is -2.02. The van der Waals surface area contributed by atoms with Crippen LogP contribution >= 0.6 is 11.3 Å². The molecule has 0 bridgehead atoms. The van der Waals surface area contributed by atoms with Crippen molar-refractivity contribution in [3.05, 3.63) is 29.7 Å². The Morgan fingerprint density at radius 3 is 2.71 bits per heavy atom. The van der Waals surface area contributed by atoms with E-state index in [0.29, 0.717) is 0 Å². The number of rotatable bonds is 3. The van der Waals surface area contributed by atoms with Crippen LogP contribution in [0.25, 0.3) is 10.6 Å². The number of anilines is 1. The molecule has 0 fully saturated rings. The van der Waals surface area contributed by atoms with Crippen molar-refractivity contribution in [2.75, 3.05) is 19.5 Å². The summed E-state index contributed by atoms with van der Waals surface area (Å²) in [5, 5.41) is 4.86. The fraction of sp³-hybridized carbons (Fsp3) is 0.250. The molecule has 0 amide bonds. The summed E-state index contributed by atoms with van der Waals surface area (Å²) in [6, 6.07) is 4.86. The van der Waals surface area contributed by atoms with Gasteiger partial charge in [-0.15, -0.1) is 0 Å². The van der Waals surface area contributed by atoms with Crippen molar-refractivity contribution >= 4 is 16.3 Å². The Morgan fingerprint density at radius 2 is 2.18 bits per heavy atom. The lowest BCUT2D eigenvalue weighted by atomic mass is 10.2. The van der Waals surface area contributed by atoms with Gasteiger partial charge in [-0.1, -0.05) is 11.3 Å². The van der Waals surface area contributed by atoms with Crippen molar-refractivity contribution < 1.29 is 9.13 Å². The molecular weight excluding hydrogens is 239 g/mol. The second-order valence-electron chi connectivity index (χ2n) is 3.53. The van der Waals surface area contributed by atoms with Crippen LogP contribution in [-0.4, -0.2) is 19.1 Å². The van der Waals surface area contributed by atoms with Crippen molar-refractivity contribution in [1.82, 2.24) is 4.98 Å². The Bertz CT molecular complexity index is 539. The number of methoxy groups -OCH3 is 1. The molecule has 90 valence electrons. The summed E-state index contributed by atoms with van der Waals surface area (Å²) in [5.41, 5.74) is 1.68. The monoisotopic (exact) mass is 252 g/mol. The molecular formula is C12H13FN2OS. The zero-order chi connectivity index (χ0) is 12.4. The summed E-state index contributed by atoms with van der Waals surface area (Å²) in [7, 11) is 3.30. The Hall–Kier alpha value is -1.62. The van der Waals surface area contributed by atoms with E-state index in [-0.39, 0.29) is 11.6 Å². The molecule has 0 aliphatic rings. The first kappa shape index (κ1) is 11.9. The summed E-state index contributed by atoms with van der Waals surface area (Å²) in [5.74, 6) is -0.125. The molecule has 1 aromatic carbocycles. The molecule has 0 saturated carbocycles. The van der Waals surface area contributed by atoms with E-state index in [1.807, 2.05) is 14.0 Å². The van der Waals surface area contributed by atoms with Crippen molar-refractivity contribution in [3.63, 3.8) is 0 Å². The number of halogens is 1. The Morgan fingerprint density at radius 1 is 1.41 bits per heavy atom. The molecule has 1 heterocycles. The third-order valence-corrected chi connectivity index (χ3v) is 3.65. The maximum atomic E-state index is 13.6. The van der Waals surface area contributed by atoms with E-state index in [0.717, 1.165) is 21.3 Å². The van der Waals surface area contributed by atoms with E-state index in [1.54, 1.807) is 12.1 Å². The van der Waals surface area contributed by atoms with Crippen molar-refractivity contribution in [2.24, 2.45) is 0 Å². The Kier molecular flexibility index (Phi) is 3.28. The van der Waals surface area contributed by atoms with Gasteiger partial charge in [0.1, 0.15) is 10.0 Å². The van der Waals surface area contributed by atoms with Gasteiger partial charge in [-0.05, 0) is 25.1 Å². The van der Waals surface area contributed by atoms with Crippen LogP contribution in [0.15, 0.2) is 18.2 Å². The summed E-state index contributed by atoms with van der Waals surface area (Å²) >= 11 is 1.51. The largest absolute Gasteiger partial charge is 0.494 e. The predicted octanol–water partition coefficient (Wildman–Crippen LogP) is 3.31. The second kappa shape index (κ2) is 4.71. The van der Waals surface area contributed by atoms with Gasteiger partial charge in [0.15, 0.2) is 11.6 Å². The highest BCUT2D eigenvalue weighted by Gasteiger charge is 2.10. The molecule has 17 heavy (non-hydrogen) atoms. The van der Waals surface area contributed by atoms with E-state index in [9.17, 15) is 4.39 Å². The quantitative estimate of drug-likeness (QED) is 0.910. The van der Waals surface area contributed by atoms with E-state index in [4.69, 9.17) is 4.74 Å². The maximum Gasteiger partial charge on any atom is 0.165 e. The lowest BCUT2D eigenvalue weighted by Crippen LogP contribution is -1.88. The van der Waals surface area contributed by atoms with Gasteiger partial charge in [0.05, 0.1) is 12.8 Å². The van der Waals surface area contributed by atoms with Gasteiger partial charge >= 0.3 is 0 Å². The summed E-state index contributed by atoms with van der Waals surface area (Å²) in [6.45, 7) is 1.92. The van der Waals surface area contributed by atoms with Crippen LogP contribution in [-0.2, 0) is 0 Å². The molecule has 0 aliphatic heterocycles.